The van der Waals surface area contributed by atoms with Gasteiger partial charge in [0.05, 0.1) is 17.0 Å². The molecule has 7 heteroatoms. The van der Waals surface area contributed by atoms with Crippen molar-refractivity contribution in [1.82, 2.24) is 4.72 Å². The molecular formula is C22H27Cl3N2OS. The summed E-state index contributed by atoms with van der Waals surface area (Å²) < 4.78 is 13.7. The molecule has 0 radical (unpaired) electrons. The molecule has 1 aliphatic heterocycles. The average Bonchev–Trinajstić information content (AvgIpc) is 3.55. The van der Waals surface area contributed by atoms with Crippen LogP contribution in [0.3, 0.4) is 0 Å². The predicted molar refractivity (Wildman–Crippen MR) is 127 cm³/mol. The fourth-order valence-electron chi connectivity index (χ4n) is 3.51. The summed E-state index contributed by atoms with van der Waals surface area (Å²) in [7, 11) is -0.711. The Morgan fingerprint density at radius 2 is 1.69 bits per heavy atom. The van der Waals surface area contributed by atoms with Crippen molar-refractivity contribution in [2.45, 2.75) is 50.3 Å². The normalized spacial score (nSPS) is 20.0. The van der Waals surface area contributed by atoms with E-state index in [1.807, 2.05) is 37.3 Å². The monoisotopic (exact) mass is 472 g/mol. The van der Waals surface area contributed by atoms with Crippen molar-refractivity contribution in [3.63, 3.8) is 0 Å². The van der Waals surface area contributed by atoms with Gasteiger partial charge in [-0.25, -0.2) is 8.93 Å². The second-order valence-corrected chi connectivity index (χ2v) is 10.2. The summed E-state index contributed by atoms with van der Waals surface area (Å²) in [5.74, 6) is 0. The number of halogens is 3. The standard InChI is InChI=1S/C17H16Cl3N.C5H11NOS/c18-12-4-7-14(8-5-12)21-10-2-1-3-17(21)15-9-6-13(19)11-16(15)20;1-2-6-8(7)5-3-4-5/h4-9,11,17H,1-3,10H2;5-6H,2-4H2,1H3. The van der Waals surface area contributed by atoms with Gasteiger partial charge in [-0.1, -0.05) is 47.8 Å². The zero-order valence-electron chi connectivity index (χ0n) is 16.5. The SMILES string of the molecule is CCNS(=O)C1CC1.Clc1ccc(N2CCCCC2c2ccc(Cl)cc2Cl)cc1. The van der Waals surface area contributed by atoms with E-state index < -0.39 is 11.0 Å². The largest absolute Gasteiger partial charge is 0.364 e. The van der Waals surface area contributed by atoms with Crippen molar-refractivity contribution in [2.75, 3.05) is 18.0 Å². The molecule has 0 aromatic heterocycles. The summed E-state index contributed by atoms with van der Waals surface area (Å²) in [5.41, 5.74) is 2.34. The third kappa shape index (κ3) is 6.60. The Hall–Kier alpha value is -0.780. The first kappa shape index (κ1) is 22.9. The summed E-state index contributed by atoms with van der Waals surface area (Å²) >= 11 is 18.4. The summed E-state index contributed by atoms with van der Waals surface area (Å²) in [5, 5.41) is 2.66. The molecule has 3 nitrogen and oxygen atoms in total. The first-order valence-corrected chi connectivity index (χ1v) is 12.5. The lowest BCUT2D eigenvalue weighted by Crippen LogP contribution is -2.33. The molecule has 1 heterocycles. The van der Waals surface area contributed by atoms with Crippen LogP contribution in [0.25, 0.3) is 0 Å². The van der Waals surface area contributed by atoms with Gasteiger partial charge in [-0.15, -0.1) is 0 Å². The maximum absolute atomic E-state index is 10.8. The van der Waals surface area contributed by atoms with E-state index in [0.717, 1.165) is 48.0 Å². The Morgan fingerprint density at radius 3 is 2.31 bits per heavy atom. The van der Waals surface area contributed by atoms with Gasteiger partial charge in [-0.3, -0.25) is 0 Å². The minimum atomic E-state index is -0.711. The number of hydrogen-bond donors (Lipinski definition) is 1. The first-order chi connectivity index (χ1) is 14.0. The summed E-state index contributed by atoms with van der Waals surface area (Å²) in [6.45, 7) is 3.83. The van der Waals surface area contributed by atoms with Crippen molar-refractivity contribution in [2.24, 2.45) is 0 Å². The van der Waals surface area contributed by atoms with E-state index in [2.05, 4.69) is 21.8 Å². The highest BCUT2D eigenvalue weighted by molar-refractivity contribution is 7.84. The van der Waals surface area contributed by atoms with Gasteiger partial charge in [-0.05, 0) is 74.1 Å². The highest BCUT2D eigenvalue weighted by Gasteiger charge is 2.27. The lowest BCUT2D eigenvalue weighted by atomic mass is 9.94. The maximum Gasteiger partial charge on any atom is 0.0946 e. The predicted octanol–water partition coefficient (Wildman–Crippen LogP) is 6.80. The third-order valence-corrected chi connectivity index (χ3v) is 7.56. The molecule has 2 aromatic carbocycles. The van der Waals surface area contributed by atoms with Crippen LogP contribution in [0.2, 0.25) is 15.1 Å². The molecule has 2 fully saturated rings. The van der Waals surface area contributed by atoms with E-state index in [-0.39, 0.29) is 0 Å². The lowest BCUT2D eigenvalue weighted by molar-refractivity contribution is 0.473. The molecule has 1 aliphatic carbocycles. The van der Waals surface area contributed by atoms with Crippen LogP contribution in [-0.2, 0) is 11.0 Å². The fourth-order valence-corrected chi connectivity index (χ4v) is 5.26. The average molecular weight is 474 g/mol. The van der Waals surface area contributed by atoms with Gasteiger partial charge in [0.15, 0.2) is 0 Å². The van der Waals surface area contributed by atoms with Gasteiger partial charge in [0.25, 0.3) is 0 Å². The lowest BCUT2D eigenvalue weighted by Gasteiger charge is -2.38. The first-order valence-electron chi connectivity index (χ1n) is 10.1. The number of nitrogens with one attached hydrogen (secondary N) is 1. The number of piperidine rings is 1. The van der Waals surface area contributed by atoms with E-state index in [1.54, 1.807) is 0 Å². The van der Waals surface area contributed by atoms with Crippen molar-refractivity contribution >= 4 is 51.5 Å². The van der Waals surface area contributed by atoms with E-state index in [9.17, 15) is 4.21 Å². The minimum Gasteiger partial charge on any atom is -0.364 e. The van der Waals surface area contributed by atoms with Crippen LogP contribution in [0, 0.1) is 0 Å². The Morgan fingerprint density at radius 1 is 1.00 bits per heavy atom. The number of benzene rings is 2. The molecule has 0 bridgehead atoms. The number of anilines is 1. The van der Waals surface area contributed by atoms with Crippen molar-refractivity contribution in [3.8, 4) is 0 Å². The van der Waals surface area contributed by atoms with Gasteiger partial charge in [-0.2, -0.15) is 0 Å². The van der Waals surface area contributed by atoms with E-state index in [4.69, 9.17) is 34.8 Å². The molecule has 1 saturated heterocycles. The van der Waals surface area contributed by atoms with E-state index in [0.29, 0.717) is 16.3 Å². The molecule has 0 amide bonds. The van der Waals surface area contributed by atoms with Crippen LogP contribution in [0.15, 0.2) is 42.5 Å². The molecule has 2 aromatic rings. The van der Waals surface area contributed by atoms with Gasteiger partial charge in [0.2, 0.25) is 0 Å². The number of hydrogen-bond acceptors (Lipinski definition) is 2. The van der Waals surface area contributed by atoms with Crippen LogP contribution in [0.5, 0.6) is 0 Å². The summed E-state index contributed by atoms with van der Waals surface area (Å²) in [4.78, 5) is 2.41. The molecule has 2 aliphatic rings. The second kappa shape index (κ2) is 11.0. The van der Waals surface area contributed by atoms with Crippen LogP contribution in [0.4, 0.5) is 5.69 Å². The second-order valence-electron chi connectivity index (χ2n) is 7.34. The molecule has 29 heavy (non-hydrogen) atoms. The molecule has 2 unspecified atom stereocenters. The molecule has 0 spiro atoms. The zero-order chi connectivity index (χ0) is 20.8. The molecule has 1 saturated carbocycles. The highest BCUT2D eigenvalue weighted by atomic mass is 35.5. The molecular weight excluding hydrogens is 447 g/mol. The van der Waals surface area contributed by atoms with Gasteiger partial charge < -0.3 is 4.90 Å². The maximum atomic E-state index is 10.8. The summed E-state index contributed by atoms with van der Waals surface area (Å²) in [6.07, 6.45) is 5.82. The minimum absolute atomic E-state index is 0.296. The van der Waals surface area contributed by atoms with Crippen molar-refractivity contribution in [3.05, 3.63) is 63.1 Å². The highest BCUT2D eigenvalue weighted by Crippen LogP contribution is 2.38. The Kier molecular flexibility index (Phi) is 8.70. The quantitative estimate of drug-likeness (QED) is 0.518. The van der Waals surface area contributed by atoms with Crippen LogP contribution < -0.4 is 9.62 Å². The van der Waals surface area contributed by atoms with E-state index >= 15 is 0 Å². The number of rotatable bonds is 5. The molecule has 158 valence electrons. The van der Waals surface area contributed by atoms with Crippen LogP contribution in [0.1, 0.15) is 50.6 Å². The smallest absolute Gasteiger partial charge is 0.0946 e. The van der Waals surface area contributed by atoms with E-state index in [1.165, 1.54) is 18.5 Å². The molecule has 4 rings (SSSR count). The molecule has 2 atom stereocenters. The van der Waals surface area contributed by atoms with Crippen molar-refractivity contribution < 1.29 is 4.21 Å². The zero-order valence-corrected chi connectivity index (χ0v) is 19.6. The van der Waals surface area contributed by atoms with Gasteiger partial charge in [0, 0.05) is 39.1 Å². The topological polar surface area (TPSA) is 32.3 Å². The number of nitrogens with zero attached hydrogens (tertiary/aromatic N) is 1. The van der Waals surface area contributed by atoms with Crippen molar-refractivity contribution in [1.29, 1.82) is 0 Å². The molecule has 1 N–H and O–H groups in total. The Balaban J connectivity index is 0.000000252. The Bertz CT molecular complexity index is 827. The van der Waals surface area contributed by atoms with Gasteiger partial charge in [0.1, 0.15) is 0 Å². The fraction of sp³-hybridized carbons (Fsp3) is 0.455. The van der Waals surface area contributed by atoms with Crippen LogP contribution in [-0.4, -0.2) is 22.5 Å². The van der Waals surface area contributed by atoms with Crippen LogP contribution >= 0.6 is 34.8 Å². The summed E-state index contributed by atoms with van der Waals surface area (Å²) in [6, 6.07) is 14.1. The third-order valence-electron chi connectivity index (χ3n) is 5.10. The van der Waals surface area contributed by atoms with Gasteiger partial charge >= 0.3 is 0 Å². The Labute approximate surface area is 191 Å².